The number of amidine groups is 1. The summed E-state index contributed by atoms with van der Waals surface area (Å²) in [5.74, 6) is -0.128. The Balaban J connectivity index is 1.67. The molecule has 142 valence electrons. The topological polar surface area (TPSA) is 59.3 Å². The molecule has 0 bridgehead atoms. The predicted molar refractivity (Wildman–Crippen MR) is 118 cm³/mol. The van der Waals surface area contributed by atoms with Gasteiger partial charge in [0.1, 0.15) is 0 Å². The van der Waals surface area contributed by atoms with Crippen molar-refractivity contribution in [3.8, 4) is 5.69 Å². The van der Waals surface area contributed by atoms with Crippen LogP contribution < -0.4 is 5.32 Å². The van der Waals surface area contributed by atoms with Crippen molar-refractivity contribution < 1.29 is 4.79 Å². The van der Waals surface area contributed by atoms with E-state index in [0.29, 0.717) is 15.2 Å². The van der Waals surface area contributed by atoms with E-state index in [4.69, 9.17) is 0 Å². The fourth-order valence-electron chi connectivity index (χ4n) is 3.18. The van der Waals surface area contributed by atoms with Crippen molar-refractivity contribution >= 4 is 45.4 Å². The molecule has 3 aromatic rings. The highest BCUT2D eigenvalue weighted by molar-refractivity contribution is 8.18. The molecular formula is C21H20N4OS2. The number of thiazole rings is 1. The summed E-state index contributed by atoms with van der Waals surface area (Å²) in [4.78, 5) is 21.5. The molecule has 0 radical (unpaired) electrons. The van der Waals surface area contributed by atoms with E-state index < -0.39 is 0 Å². The van der Waals surface area contributed by atoms with Crippen LogP contribution in [0.25, 0.3) is 11.8 Å². The van der Waals surface area contributed by atoms with Crippen molar-refractivity contribution in [1.29, 1.82) is 0 Å². The number of thioether (sulfide) groups is 1. The van der Waals surface area contributed by atoms with E-state index in [1.165, 1.54) is 34.2 Å². The van der Waals surface area contributed by atoms with E-state index in [-0.39, 0.29) is 5.91 Å². The molecule has 1 aliphatic heterocycles. The van der Waals surface area contributed by atoms with Crippen LogP contribution in [0.5, 0.6) is 0 Å². The molecule has 1 fully saturated rings. The van der Waals surface area contributed by atoms with Crippen LogP contribution in [-0.4, -0.2) is 20.6 Å². The summed E-state index contributed by atoms with van der Waals surface area (Å²) in [5, 5.41) is 5.87. The molecule has 0 aliphatic carbocycles. The van der Waals surface area contributed by atoms with Gasteiger partial charge in [0.2, 0.25) is 5.13 Å². The monoisotopic (exact) mass is 408 g/mol. The van der Waals surface area contributed by atoms with Gasteiger partial charge in [-0.2, -0.15) is 4.99 Å². The van der Waals surface area contributed by atoms with E-state index in [2.05, 4.69) is 71.8 Å². The first kappa shape index (κ1) is 18.7. The van der Waals surface area contributed by atoms with Crippen LogP contribution in [0.4, 0.5) is 5.13 Å². The molecule has 0 atom stereocenters. The Morgan fingerprint density at radius 2 is 1.96 bits per heavy atom. The van der Waals surface area contributed by atoms with Gasteiger partial charge in [-0.25, -0.2) is 4.98 Å². The van der Waals surface area contributed by atoms with Crippen LogP contribution in [0.15, 0.2) is 45.7 Å². The van der Waals surface area contributed by atoms with Gasteiger partial charge in [-0.3, -0.25) is 4.79 Å². The normalized spacial score (nSPS) is 16.9. The Hall–Kier alpha value is -2.64. The number of benzene rings is 1. The number of aliphatic imine (C=N–C) groups is 1. The minimum Gasteiger partial charge on any atom is -0.318 e. The highest BCUT2D eigenvalue weighted by atomic mass is 32.2. The predicted octanol–water partition coefficient (Wildman–Crippen LogP) is 5.06. The van der Waals surface area contributed by atoms with Crippen LogP contribution in [0.3, 0.4) is 0 Å². The lowest BCUT2D eigenvalue weighted by atomic mass is 10.1. The van der Waals surface area contributed by atoms with Gasteiger partial charge in [-0.05, 0) is 80.4 Å². The summed E-state index contributed by atoms with van der Waals surface area (Å²) in [6.45, 7) is 8.40. The standard InChI is InChI=1S/C21H20N4OS2/c1-12-5-6-17(9-13(12)2)25-14(3)10-16(15(25)4)11-18-19(26)23-21(28-18)24-20-22-7-8-27-20/h5-11H,1-4H3,(H,22,23,24,26)/b18-11-. The molecule has 0 saturated carbocycles. The molecule has 0 unspecified atom stereocenters. The summed E-state index contributed by atoms with van der Waals surface area (Å²) in [6, 6.07) is 8.59. The quantitative estimate of drug-likeness (QED) is 0.616. The number of hydrogen-bond donors (Lipinski definition) is 1. The largest absolute Gasteiger partial charge is 0.318 e. The summed E-state index contributed by atoms with van der Waals surface area (Å²) in [6.07, 6.45) is 3.63. The average molecular weight is 409 g/mol. The second-order valence-electron chi connectivity index (χ2n) is 6.73. The third-order valence-electron chi connectivity index (χ3n) is 4.77. The lowest BCUT2D eigenvalue weighted by Crippen LogP contribution is -2.19. The zero-order chi connectivity index (χ0) is 19.8. The van der Waals surface area contributed by atoms with Crippen LogP contribution in [0.2, 0.25) is 0 Å². The summed E-state index contributed by atoms with van der Waals surface area (Å²) < 4.78 is 2.22. The number of carbonyl (C=O) groups excluding carboxylic acids is 1. The lowest BCUT2D eigenvalue weighted by Gasteiger charge is -2.11. The third-order valence-corrected chi connectivity index (χ3v) is 6.35. The molecule has 2 aromatic heterocycles. The number of hydrogen-bond acceptors (Lipinski definition) is 5. The maximum atomic E-state index is 12.4. The van der Waals surface area contributed by atoms with E-state index in [1.54, 1.807) is 6.20 Å². The molecule has 3 heterocycles. The maximum Gasteiger partial charge on any atom is 0.264 e. The number of carbonyl (C=O) groups is 1. The van der Waals surface area contributed by atoms with Crippen molar-refractivity contribution in [3.05, 3.63) is 68.8 Å². The van der Waals surface area contributed by atoms with E-state index >= 15 is 0 Å². The highest BCUT2D eigenvalue weighted by Crippen LogP contribution is 2.31. The molecule has 28 heavy (non-hydrogen) atoms. The molecule has 5 nitrogen and oxygen atoms in total. The van der Waals surface area contributed by atoms with Gasteiger partial charge in [0.05, 0.1) is 4.91 Å². The number of rotatable bonds is 3. The number of aryl methyl sites for hydroxylation is 3. The molecule has 7 heteroatoms. The number of amides is 1. The minimum absolute atomic E-state index is 0.128. The van der Waals surface area contributed by atoms with E-state index in [0.717, 1.165) is 22.6 Å². The molecule has 1 aliphatic rings. The molecule has 1 aromatic carbocycles. The molecular weight excluding hydrogens is 388 g/mol. The zero-order valence-corrected chi connectivity index (χ0v) is 17.7. The van der Waals surface area contributed by atoms with Gasteiger partial charge >= 0.3 is 0 Å². The van der Waals surface area contributed by atoms with Crippen molar-refractivity contribution in [1.82, 2.24) is 14.9 Å². The fourth-order valence-corrected chi connectivity index (χ4v) is 4.56. The van der Waals surface area contributed by atoms with E-state index in [9.17, 15) is 4.79 Å². The first-order chi connectivity index (χ1) is 13.4. The van der Waals surface area contributed by atoms with Crippen LogP contribution in [0, 0.1) is 27.7 Å². The van der Waals surface area contributed by atoms with Gasteiger partial charge in [-0.1, -0.05) is 6.07 Å². The molecule has 0 spiro atoms. The van der Waals surface area contributed by atoms with Crippen molar-refractivity contribution in [2.75, 3.05) is 0 Å². The Kier molecular flexibility index (Phi) is 4.95. The number of nitrogens with one attached hydrogen (secondary N) is 1. The van der Waals surface area contributed by atoms with Gasteiger partial charge < -0.3 is 9.88 Å². The summed E-state index contributed by atoms with van der Waals surface area (Å²) in [5.41, 5.74) is 6.94. The first-order valence-corrected chi connectivity index (χ1v) is 10.6. The molecule has 4 rings (SSSR count). The van der Waals surface area contributed by atoms with Gasteiger partial charge in [0.25, 0.3) is 5.91 Å². The Labute approximate surface area is 172 Å². The Morgan fingerprint density at radius 1 is 1.14 bits per heavy atom. The first-order valence-electron chi connectivity index (χ1n) is 8.88. The molecule has 1 amide bonds. The SMILES string of the molecule is Cc1ccc(-n2c(C)cc(/C=C3\S/C(=N/c4nccs4)NC3=O)c2C)cc1C. The van der Waals surface area contributed by atoms with Crippen molar-refractivity contribution in [3.63, 3.8) is 0 Å². The van der Waals surface area contributed by atoms with E-state index in [1.807, 2.05) is 11.5 Å². The van der Waals surface area contributed by atoms with Crippen LogP contribution >= 0.6 is 23.1 Å². The van der Waals surface area contributed by atoms with Gasteiger partial charge in [-0.15, -0.1) is 11.3 Å². The second kappa shape index (κ2) is 7.41. The van der Waals surface area contributed by atoms with Crippen LogP contribution in [0.1, 0.15) is 28.1 Å². The third kappa shape index (κ3) is 3.55. The lowest BCUT2D eigenvalue weighted by molar-refractivity contribution is -0.115. The number of nitrogens with zero attached hydrogens (tertiary/aromatic N) is 3. The Bertz CT molecular complexity index is 1120. The summed E-state index contributed by atoms with van der Waals surface area (Å²) in [7, 11) is 0. The Morgan fingerprint density at radius 3 is 2.68 bits per heavy atom. The van der Waals surface area contributed by atoms with Crippen LogP contribution in [-0.2, 0) is 4.79 Å². The minimum atomic E-state index is -0.128. The zero-order valence-electron chi connectivity index (χ0n) is 16.1. The average Bonchev–Trinajstić information content (AvgIpc) is 3.33. The summed E-state index contributed by atoms with van der Waals surface area (Å²) >= 11 is 2.78. The molecule has 1 saturated heterocycles. The smallest absolute Gasteiger partial charge is 0.264 e. The van der Waals surface area contributed by atoms with Crippen molar-refractivity contribution in [2.45, 2.75) is 27.7 Å². The fraction of sp³-hybridized carbons (Fsp3) is 0.190. The van der Waals surface area contributed by atoms with Gasteiger partial charge in [0, 0.05) is 28.7 Å². The second-order valence-corrected chi connectivity index (χ2v) is 8.63. The maximum absolute atomic E-state index is 12.4. The number of aromatic nitrogens is 2. The molecule has 1 N–H and O–H groups in total. The van der Waals surface area contributed by atoms with Crippen molar-refractivity contribution in [2.24, 2.45) is 4.99 Å². The van der Waals surface area contributed by atoms with Gasteiger partial charge in [0.15, 0.2) is 5.17 Å². The highest BCUT2D eigenvalue weighted by Gasteiger charge is 2.25.